The second kappa shape index (κ2) is 7.71. The molecule has 1 unspecified atom stereocenters. The van der Waals surface area contributed by atoms with Crippen LogP contribution in [0.4, 0.5) is 0 Å². The van der Waals surface area contributed by atoms with Crippen LogP contribution in [0.15, 0.2) is 0 Å². The lowest BCUT2D eigenvalue weighted by Crippen LogP contribution is -2.48. The van der Waals surface area contributed by atoms with E-state index >= 15 is 0 Å². The van der Waals surface area contributed by atoms with E-state index in [4.69, 9.17) is 5.11 Å². The second-order valence-electron chi connectivity index (χ2n) is 5.52. The van der Waals surface area contributed by atoms with Gasteiger partial charge >= 0.3 is 5.97 Å². The maximum atomic E-state index is 10.6. The summed E-state index contributed by atoms with van der Waals surface area (Å²) in [6.07, 6.45) is 2.65. The summed E-state index contributed by atoms with van der Waals surface area (Å²) in [4.78, 5) is 17.5. The molecule has 0 aromatic rings. The molecule has 1 atom stereocenters. The Bertz CT molecular complexity index is 259. The highest BCUT2D eigenvalue weighted by molar-refractivity contribution is 5.66. The number of hydrogen-bond acceptors (Lipinski definition) is 4. The normalized spacial score (nSPS) is 21.7. The molecular weight excluding hydrogens is 230 g/mol. The van der Waals surface area contributed by atoms with Crippen LogP contribution in [0.3, 0.4) is 0 Å². The van der Waals surface area contributed by atoms with Gasteiger partial charge in [0.15, 0.2) is 0 Å². The summed E-state index contributed by atoms with van der Waals surface area (Å²) in [6, 6.07) is 0.514. The molecule has 0 radical (unpaired) electrons. The van der Waals surface area contributed by atoms with E-state index in [0.717, 1.165) is 19.6 Å². The lowest BCUT2D eigenvalue weighted by Gasteiger charge is -2.37. The number of nitrogens with zero attached hydrogens (tertiary/aromatic N) is 3. The standard InChI is InChI=1S/C13H27N3O2/c1-14(2)9-10-16-7-4-5-12(11-16)15(3)8-6-13(17)18/h12H,4-11H2,1-3H3,(H,17,18). The van der Waals surface area contributed by atoms with Crippen molar-refractivity contribution in [3.8, 4) is 0 Å². The minimum Gasteiger partial charge on any atom is -0.481 e. The van der Waals surface area contributed by atoms with E-state index in [9.17, 15) is 4.79 Å². The summed E-state index contributed by atoms with van der Waals surface area (Å²) >= 11 is 0. The second-order valence-corrected chi connectivity index (χ2v) is 5.52. The van der Waals surface area contributed by atoms with Crippen molar-refractivity contribution in [3.05, 3.63) is 0 Å². The summed E-state index contributed by atoms with van der Waals surface area (Å²) in [5.41, 5.74) is 0. The molecule has 0 aromatic heterocycles. The molecular formula is C13H27N3O2. The van der Waals surface area contributed by atoms with Crippen molar-refractivity contribution in [3.63, 3.8) is 0 Å². The maximum Gasteiger partial charge on any atom is 0.304 e. The van der Waals surface area contributed by atoms with Crippen molar-refractivity contribution >= 4 is 5.97 Å². The summed E-state index contributed by atoms with van der Waals surface area (Å²) in [7, 11) is 6.24. The predicted molar refractivity (Wildman–Crippen MR) is 72.9 cm³/mol. The monoisotopic (exact) mass is 257 g/mol. The Balaban J connectivity index is 2.30. The van der Waals surface area contributed by atoms with Gasteiger partial charge in [-0.25, -0.2) is 0 Å². The Kier molecular flexibility index (Phi) is 6.60. The molecule has 106 valence electrons. The van der Waals surface area contributed by atoms with E-state index in [2.05, 4.69) is 28.8 Å². The molecule has 0 spiro atoms. The minimum absolute atomic E-state index is 0.241. The third-order valence-electron chi connectivity index (χ3n) is 3.65. The molecule has 0 aromatic carbocycles. The van der Waals surface area contributed by atoms with Crippen LogP contribution in [-0.2, 0) is 4.79 Å². The van der Waals surface area contributed by atoms with E-state index in [1.807, 2.05) is 7.05 Å². The highest BCUT2D eigenvalue weighted by atomic mass is 16.4. The van der Waals surface area contributed by atoms with Crippen molar-refractivity contribution in [2.75, 3.05) is 53.9 Å². The predicted octanol–water partition coefficient (Wildman–Crippen LogP) is 0.419. The Morgan fingerprint density at radius 1 is 1.33 bits per heavy atom. The van der Waals surface area contributed by atoms with Crippen LogP contribution in [0.25, 0.3) is 0 Å². The van der Waals surface area contributed by atoms with E-state index < -0.39 is 5.97 Å². The number of hydrogen-bond donors (Lipinski definition) is 1. The molecule has 1 saturated heterocycles. The molecule has 0 aliphatic carbocycles. The van der Waals surface area contributed by atoms with Crippen molar-refractivity contribution in [1.29, 1.82) is 0 Å². The molecule has 1 N–H and O–H groups in total. The van der Waals surface area contributed by atoms with Gasteiger partial charge in [-0.1, -0.05) is 0 Å². The van der Waals surface area contributed by atoms with Gasteiger partial charge in [0.25, 0.3) is 0 Å². The molecule has 0 saturated carbocycles. The lowest BCUT2D eigenvalue weighted by atomic mass is 10.0. The van der Waals surface area contributed by atoms with Gasteiger partial charge in [0.1, 0.15) is 0 Å². The smallest absolute Gasteiger partial charge is 0.304 e. The molecule has 1 aliphatic heterocycles. The fraction of sp³-hybridized carbons (Fsp3) is 0.923. The molecule has 5 nitrogen and oxygen atoms in total. The van der Waals surface area contributed by atoms with Gasteiger partial charge in [-0.3, -0.25) is 4.79 Å². The molecule has 1 heterocycles. The van der Waals surface area contributed by atoms with E-state index in [1.54, 1.807) is 0 Å². The van der Waals surface area contributed by atoms with Crippen molar-refractivity contribution in [2.24, 2.45) is 0 Å². The van der Waals surface area contributed by atoms with E-state index in [-0.39, 0.29) is 6.42 Å². The third-order valence-corrected chi connectivity index (χ3v) is 3.65. The molecule has 0 bridgehead atoms. The number of likely N-dealkylation sites (N-methyl/N-ethyl adjacent to an activating group) is 2. The summed E-state index contributed by atoms with van der Waals surface area (Å²) in [5.74, 6) is -0.706. The van der Waals surface area contributed by atoms with Crippen molar-refractivity contribution < 1.29 is 9.90 Å². The van der Waals surface area contributed by atoms with Crippen LogP contribution in [0.1, 0.15) is 19.3 Å². The fourth-order valence-corrected chi connectivity index (χ4v) is 2.39. The Morgan fingerprint density at radius 3 is 2.67 bits per heavy atom. The molecule has 1 rings (SSSR count). The Labute approximate surface area is 110 Å². The van der Waals surface area contributed by atoms with Crippen LogP contribution in [-0.4, -0.2) is 85.7 Å². The first-order valence-corrected chi connectivity index (χ1v) is 6.78. The van der Waals surface area contributed by atoms with Crippen LogP contribution in [0, 0.1) is 0 Å². The van der Waals surface area contributed by atoms with Crippen LogP contribution >= 0.6 is 0 Å². The summed E-state index contributed by atoms with van der Waals surface area (Å²) in [5, 5.41) is 8.72. The zero-order valence-corrected chi connectivity index (χ0v) is 11.9. The van der Waals surface area contributed by atoms with Gasteiger partial charge in [-0.2, -0.15) is 0 Å². The fourth-order valence-electron chi connectivity index (χ4n) is 2.39. The number of carboxylic acid groups (broad SMARTS) is 1. The molecule has 18 heavy (non-hydrogen) atoms. The Morgan fingerprint density at radius 2 is 2.06 bits per heavy atom. The number of likely N-dealkylation sites (tertiary alicyclic amines) is 1. The first-order valence-electron chi connectivity index (χ1n) is 6.78. The molecule has 5 heteroatoms. The number of piperidine rings is 1. The van der Waals surface area contributed by atoms with Crippen molar-refractivity contribution in [2.45, 2.75) is 25.3 Å². The first kappa shape index (κ1) is 15.4. The number of carboxylic acids is 1. The van der Waals surface area contributed by atoms with Gasteiger partial charge in [-0.15, -0.1) is 0 Å². The third kappa shape index (κ3) is 5.80. The minimum atomic E-state index is -0.706. The van der Waals surface area contributed by atoms with Gasteiger partial charge < -0.3 is 19.8 Å². The van der Waals surface area contributed by atoms with Gasteiger partial charge in [-0.05, 0) is 40.5 Å². The number of carbonyl (C=O) groups is 1. The summed E-state index contributed by atoms with van der Waals surface area (Å²) < 4.78 is 0. The average molecular weight is 257 g/mol. The average Bonchev–Trinajstić information content (AvgIpc) is 2.33. The van der Waals surface area contributed by atoms with E-state index in [0.29, 0.717) is 12.6 Å². The zero-order chi connectivity index (χ0) is 13.5. The zero-order valence-electron chi connectivity index (χ0n) is 11.9. The largest absolute Gasteiger partial charge is 0.481 e. The van der Waals surface area contributed by atoms with Crippen LogP contribution in [0.5, 0.6) is 0 Å². The summed E-state index contributed by atoms with van der Waals surface area (Å²) in [6.45, 7) is 5.10. The van der Waals surface area contributed by atoms with Crippen LogP contribution < -0.4 is 0 Å². The quantitative estimate of drug-likeness (QED) is 0.716. The lowest BCUT2D eigenvalue weighted by molar-refractivity contribution is -0.137. The molecule has 0 amide bonds. The molecule has 1 fully saturated rings. The van der Waals surface area contributed by atoms with Crippen LogP contribution in [0.2, 0.25) is 0 Å². The molecule has 1 aliphatic rings. The maximum absolute atomic E-state index is 10.6. The number of rotatable bonds is 7. The van der Waals surface area contributed by atoms with Gasteiger partial charge in [0, 0.05) is 32.2 Å². The Hall–Kier alpha value is -0.650. The topological polar surface area (TPSA) is 47.0 Å². The van der Waals surface area contributed by atoms with E-state index in [1.165, 1.54) is 19.4 Å². The van der Waals surface area contributed by atoms with Crippen molar-refractivity contribution in [1.82, 2.24) is 14.7 Å². The SMILES string of the molecule is CN(C)CCN1CCCC(N(C)CCC(=O)O)C1. The first-order chi connectivity index (χ1) is 8.49. The van der Waals surface area contributed by atoms with Gasteiger partial charge in [0.05, 0.1) is 6.42 Å². The highest BCUT2D eigenvalue weighted by Crippen LogP contribution is 2.14. The number of aliphatic carboxylic acids is 1. The van der Waals surface area contributed by atoms with Gasteiger partial charge in [0.2, 0.25) is 0 Å². The highest BCUT2D eigenvalue weighted by Gasteiger charge is 2.23.